The van der Waals surface area contributed by atoms with Crippen molar-refractivity contribution in [3.8, 4) is 0 Å². The van der Waals surface area contributed by atoms with E-state index in [0.29, 0.717) is 16.6 Å². The van der Waals surface area contributed by atoms with Crippen molar-refractivity contribution in [3.05, 3.63) is 182 Å². The molecule has 0 saturated carbocycles. The second-order valence-electron chi connectivity index (χ2n) is 12.9. The molecule has 11 heteroatoms. The van der Waals surface area contributed by atoms with E-state index in [9.17, 15) is 0 Å². The van der Waals surface area contributed by atoms with Gasteiger partial charge in [0.25, 0.3) is 0 Å². The Morgan fingerprint density at radius 1 is 0.527 bits per heavy atom. The first-order valence-corrected chi connectivity index (χ1v) is 18.7. The van der Waals surface area contributed by atoms with E-state index in [-0.39, 0.29) is 0 Å². The molecule has 8 aromatic rings. The average molecular weight is 786 g/mol. The van der Waals surface area contributed by atoms with Gasteiger partial charge in [-0.25, -0.2) is 29.9 Å². The number of nitrogens with zero attached hydrogens (tertiary/aromatic N) is 6. The first kappa shape index (κ1) is 39.0. The monoisotopic (exact) mass is 784 g/mol. The summed E-state index contributed by atoms with van der Waals surface area (Å²) in [5.41, 5.74) is 15.2. The summed E-state index contributed by atoms with van der Waals surface area (Å²) in [5.74, 6) is 2.45. The van der Waals surface area contributed by atoms with Crippen molar-refractivity contribution >= 4 is 73.8 Å². The molecule has 0 radical (unpaired) electrons. The highest BCUT2D eigenvalue weighted by Crippen LogP contribution is 2.32. The Morgan fingerprint density at radius 3 is 1.53 bits per heavy atom. The number of anilines is 3. The van der Waals surface area contributed by atoms with Crippen LogP contribution in [0.2, 0.25) is 15.2 Å². The van der Waals surface area contributed by atoms with Crippen molar-refractivity contribution in [2.45, 2.75) is 40.5 Å². The largest absolute Gasteiger partial charge is 0.399 e. The lowest BCUT2D eigenvalue weighted by Gasteiger charge is -2.12. The number of aryl methyl sites for hydroxylation is 2. The predicted octanol–water partition coefficient (Wildman–Crippen LogP) is 11.4. The van der Waals surface area contributed by atoms with Crippen molar-refractivity contribution in [1.29, 1.82) is 0 Å². The minimum absolute atomic E-state index is 0.476. The summed E-state index contributed by atoms with van der Waals surface area (Å²) in [7, 11) is 0. The Hall–Kier alpha value is -5.67. The number of fused-ring (bicyclic) bond motifs is 2. The van der Waals surface area contributed by atoms with Crippen LogP contribution < -0.4 is 11.1 Å². The van der Waals surface area contributed by atoms with Crippen LogP contribution in [-0.2, 0) is 12.8 Å². The zero-order chi connectivity index (χ0) is 38.9. The third-order valence-electron chi connectivity index (χ3n) is 8.67. The average Bonchev–Trinajstić information content (AvgIpc) is 3.18. The van der Waals surface area contributed by atoms with E-state index in [1.165, 1.54) is 5.56 Å². The molecule has 4 aromatic heterocycles. The molecule has 4 aromatic carbocycles. The summed E-state index contributed by atoms with van der Waals surface area (Å²) in [4.78, 5) is 26.3. The fourth-order valence-electron chi connectivity index (χ4n) is 5.64. The molecule has 276 valence electrons. The van der Waals surface area contributed by atoms with Crippen LogP contribution in [0.3, 0.4) is 0 Å². The molecule has 0 saturated heterocycles. The number of hydrogen-bond donors (Lipinski definition) is 2. The molecule has 0 unspecified atom stereocenters. The number of hydrogen-bond acceptors (Lipinski definition) is 8. The number of nitrogens with two attached hydrogens (primary N) is 1. The molecule has 0 fully saturated rings. The van der Waals surface area contributed by atoms with Gasteiger partial charge in [-0.2, -0.15) is 0 Å². The molecular formula is C44H39Cl3N8. The van der Waals surface area contributed by atoms with Crippen LogP contribution in [-0.4, -0.2) is 29.9 Å². The first-order chi connectivity index (χ1) is 26.5. The summed E-state index contributed by atoms with van der Waals surface area (Å²) >= 11 is 18.5. The van der Waals surface area contributed by atoms with E-state index < -0.39 is 0 Å². The van der Waals surface area contributed by atoms with Crippen molar-refractivity contribution in [3.63, 3.8) is 0 Å². The van der Waals surface area contributed by atoms with Crippen LogP contribution in [0.4, 0.5) is 17.2 Å². The standard InChI is InChI=1S/C22H19ClN4.C12H13N3.C10H7Cl2N/c1-14-11-12-24-20(25-14)13-16-7-9-17(10-8-16)26-22-15(2)21(23)18-5-3-4-6-19(18)27-22;1-9-6-7-14-12(15-9)8-10-2-4-11(13)5-3-10;1-6-9(11)7-4-2-3-5-8(7)13-10(6)12/h3-12H,13H2,1-2H3,(H,26,27);2-7H,8,13H2,1H3;2-5H,1H3. The van der Waals surface area contributed by atoms with Crippen LogP contribution in [0, 0.1) is 27.7 Å². The Balaban J connectivity index is 0.000000155. The highest BCUT2D eigenvalue weighted by Gasteiger charge is 2.11. The van der Waals surface area contributed by atoms with Crippen molar-refractivity contribution in [1.82, 2.24) is 29.9 Å². The van der Waals surface area contributed by atoms with Gasteiger partial charge in [0.15, 0.2) is 0 Å². The topological polar surface area (TPSA) is 115 Å². The second-order valence-corrected chi connectivity index (χ2v) is 14.0. The van der Waals surface area contributed by atoms with Gasteiger partial charge in [-0.1, -0.05) is 95.5 Å². The van der Waals surface area contributed by atoms with E-state index in [2.05, 4.69) is 42.4 Å². The maximum Gasteiger partial charge on any atom is 0.135 e. The summed E-state index contributed by atoms with van der Waals surface area (Å²) in [6.07, 6.45) is 5.05. The number of benzene rings is 4. The number of aromatic nitrogens is 6. The minimum atomic E-state index is 0.476. The molecule has 0 spiro atoms. The second kappa shape index (κ2) is 18.1. The normalized spacial score (nSPS) is 10.7. The number of para-hydroxylation sites is 2. The molecule has 0 bridgehead atoms. The highest BCUT2D eigenvalue weighted by atomic mass is 35.5. The van der Waals surface area contributed by atoms with Gasteiger partial charge in [0, 0.05) is 69.9 Å². The Labute approximate surface area is 335 Å². The van der Waals surface area contributed by atoms with Crippen LogP contribution in [0.15, 0.2) is 122 Å². The van der Waals surface area contributed by atoms with Crippen LogP contribution >= 0.6 is 34.8 Å². The molecule has 0 atom stereocenters. The van der Waals surface area contributed by atoms with E-state index in [1.54, 1.807) is 12.4 Å². The van der Waals surface area contributed by atoms with Gasteiger partial charge < -0.3 is 11.1 Å². The number of rotatable bonds is 6. The van der Waals surface area contributed by atoms with Gasteiger partial charge in [0.1, 0.15) is 22.6 Å². The van der Waals surface area contributed by atoms with Gasteiger partial charge in [-0.05, 0) is 87.4 Å². The van der Waals surface area contributed by atoms with Gasteiger partial charge in [0.2, 0.25) is 0 Å². The molecule has 0 aliphatic rings. The third-order valence-corrected chi connectivity index (χ3v) is 10.0. The molecule has 4 heterocycles. The maximum absolute atomic E-state index is 6.53. The first-order valence-electron chi connectivity index (χ1n) is 17.6. The van der Waals surface area contributed by atoms with E-state index in [1.807, 2.05) is 125 Å². The molecule has 8 nitrogen and oxygen atoms in total. The number of halogens is 3. The number of pyridine rings is 2. The third kappa shape index (κ3) is 10.3. The van der Waals surface area contributed by atoms with Crippen molar-refractivity contribution in [2.24, 2.45) is 0 Å². The fraction of sp³-hybridized carbons (Fsp3) is 0.136. The van der Waals surface area contributed by atoms with Gasteiger partial charge in [-0.15, -0.1) is 0 Å². The SMILES string of the molecule is Cc1c(Cl)nc2ccccc2c1Cl.Cc1ccnc(Cc2ccc(N)cc2)n1.Cc1ccnc(Cc2ccc(Nc3nc4ccccc4c(Cl)c3C)cc2)n1. The lowest BCUT2D eigenvalue weighted by atomic mass is 10.1. The summed E-state index contributed by atoms with van der Waals surface area (Å²) in [6.45, 7) is 7.79. The Morgan fingerprint density at radius 2 is 1.00 bits per heavy atom. The maximum atomic E-state index is 6.53. The predicted molar refractivity (Wildman–Crippen MR) is 228 cm³/mol. The zero-order valence-electron chi connectivity index (χ0n) is 30.9. The van der Waals surface area contributed by atoms with Gasteiger partial charge in [-0.3, -0.25) is 0 Å². The molecule has 3 N–H and O–H groups in total. The molecule has 0 amide bonds. The van der Waals surface area contributed by atoms with Gasteiger partial charge >= 0.3 is 0 Å². The number of nitrogens with one attached hydrogen (secondary N) is 1. The van der Waals surface area contributed by atoms with Crippen LogP contribution in [0.5, 0.6) is 0 Å². The molecule has 0 aliphatic carbocycles. The molecule has 55 heavy (non-hydrogen) atoms. The van der Waals surface area contributed by atoms with Crippen LogP contribution in [0.25, 0.3) is 21.8 Å². The fourth-order valence-corrected chi connectivity index (χ4v) is 6.38. The lowest BCUT2D eigenvalue weighted by molar-refractivity contribution is 0.942. The minimum Gasteiger partial charge on any atom is -0.399 e. The van der Waals surface area contributed by atoms with Crippen LogP contribution in [0.1, 0.15) is 45.3 Å². The van der Waals surface area contributed by atoms with Gasteiger partial charge in [0.05, 0.1) is 21.1 Å². The highest BCUT2D eigenvalue weighted by molar-refractivity contribution is 6.39. The molecular weight excluding hydrogens is 747 g/mol. The zero-order valence-corrected chi connectivity index (χ0v) is 33.1. The molecule has 8 rings (SSSR count). The Bertz CT molecular complexity index is 2560. The summed E-state index contributed by atoms with van der Waals surface area (Å²) in [5, 5.41) is 7.20. The summed E-state index contributed by atoms with van der Waals surface area (Å²) < 4.78 is 0. The summed E-state index contributed by atoms with van der Waals surface area (Å²) in [6, 6.07) is 35.4. The smallest absolute Gasteiger partial charge is 0.135 e. The number of nitrogen functional groups attached to an aromatic ring is 1. The van der Waals surface area contributed by atoms with E-state index in [4.69, 9.17) is 45.5 Å². The van der Waals surface area contributed by atoms with E-state index in [0.717, 1.165) is 90.2 Å². The lowest BCUT2D eigenvalue weighted by Crippen LogP contribution is -2.00. The van der Waals surface area contributed by atoms with E-state index >= 15 is 0 Å². The van der Waals surface area contributed by atoms with Crippen molar-refractivity contribution in [2.75, 3.05) is 11.1 Å². The Kier molecular flexibility index (Phi) is 12.8. The van der Waals surface area contributed by atoms with Crippen molar-refractivity contribution < 1.29 is 0 Å². The molecule has 0 aliphatic heterocycles. The quantitative estimate of drug-likeness (QED) is 0.126.